The topological polar surface area (TPSA) is 24.5 Å². The van der Waals surface area contributed by atoms with Crippen LogP contribution >= 0.6 is 40.7 Å². The number of nitrogens with zero attached hydrogens (tertiary/aromatic N) is 1. The van der Waals surface area contributed by atoms with Crippen LogP contribution in [0, 0.1) is 0 Å². The second-order valence-corrected chi connectivity index (χ2v) is 6.83. The summed E-state index contributed by atoms with van der Waals surface area (Å²) in [4.78, 5) is 2.62. The Labute approximate surface area is 167 Å². The Bertz CT molecular complexity index is 457. The Morgan fingerprint density at radius 3 is 2.50 bits per heavy atom. The van der Waals surface area contributed by atoms with E-state index in [2.05, 4.69) is 58.2 Å². The minimum atomic E-state index is 0. The molecule has 1 aromatic rings. The molecule has 24 heavy (non-hydrogen) atoms. The molecule has 1 fully saturated rings. The van der Waals surface area contributed by atoms with Crippen LogP contribution in [0.1, 0.15) is 51.1 Å². The van der Waals surface area contributed by atoms with E-state index < -0.39 is 0 Å². The Balaban J connectivity index is 0.00000264. The highest BCUT2D eigenvalue weighted by atomic mass is 79.9. The molecule has 0 amide bonds. The summed E-state index contributed by atoms with van der Waals surface area (Å²) in [6.45, 7) is 9.46. The number of piperazine rings is 1. The number of nitrogens with one attached hydrogen (secondary N) is 1. The summed E-state index contributed by atoms with van der Waals surface area (Å²) < 4.78 is 7.05. The van der Waals surface area contributed by atoms with Crippen molar-refractivity contribution in [3.8, 4) is 5.75 Å². The molecule has 0 bridgehead atoms. The Morgan fingerprint density at radius 2 is 1.88 bits per heavy atom. The number of hydrogen-bond donors (Lipinski definition) is 1. The molecule has 0 spiro atoms. The minimum Gasteiger partial charge on any atom is -0.494 e. The van der Waals surface area contributed by atoms with Gasteiger partial charge in [0.1, 0.15) is 5.75 Å². The van der Waals surface area contributed by atoms with E-state index in [-0.39, 0.29) is 24.8 Å². The van der Waals surface area contributed by atoms with Gasteiger partial charge in [0.25, 0.3) is 0 Å². The van der Waals surface area contributed by atoms with Gasteiger partial charge in [0.05, 0.1) is 6.61 Å². The second kappa shape index (κ2) is 13.2. The van der Waals surface area contributed by atoms with Gasteiger partial charge in [-0.05, 0) is 31.5 Å². The molecule has 1 aliphatic heterocycles. The maximum Gasteiger partial charge on any atom is 0.124 e. The van der Waals surface area contributed by atoms with Crippen molar-refractivity contribution in [1.82, 2.24) is 10.2 Å². The van der Waals surface area contributed by atoms with Gasteiger partial charge in [-0.15, -0.1) is 24.8 Å². The quantitative estimate of drug-likeness (QED) is 0.559. The van der Waals surface area contributed by atoms with E-state index in [4.69, 9.17) is 4.74 Å². The average molecular weight is 442 g/mol. The highest BCUT2D eigenvalue weighted by Gasteiger charge is 2.24. The van der Waals surface area contributed by atoms with Crippen LogP contribution in [0.3, 0.4) is 0 Å². The van der Waals surface area contributed by atoms with Gasteiger partial charge < -0.3 is 10.1 Å². The molecule has 0 radical (unpaired) electrons. The molecule has 6 heteroatoms. The van der Waals surface area contributed by atoms with E-state index in [1.807, 2.05) is 0 Å². The monoisotopic (exact) mass is 440 g/mol. The zero-order chi connectivity index (χ0) is 15.8. The molecule has 1 heterocycles. The van der Waals surface area contributed by atoms with Gasteiger partial charge in [0, 0.05) is 42.3 Å². The molecule has 1 aromatic carbocycles. The van der Waals surface area contributed by atoms with Crippen molar-refractivity contribution < 1.29 is 4.74 Å². The predicted molar refractivity (Wildman–Crippen MR) is 111 cm³/mol. The molecule has 0 saturated carbocycles. The molecule has 0 unspecified atom stereocenters. The number of unbranched alkanes of at least 4 members (excludes halogenated alkanes) is 2. The smallest absolute Gasteiger partial charge is 0.124 e. The van der Waals surface area contributed by atoms with E-state index in [9.17, 15) is 0 Å². The number of benzene rings is 1. The van der Waals surface area contributed by atoms with Gasteiger partial charge in [0.2, 0.25) is 0 Å². The lowest BCUT2D eigenvalue weighted by Gasteiger charge is -2.36. The van der Waals surface area contributed by atoms with E-state index in [0.717, 1.165) is 43.0 Å². The molecule has 140 valence electrons. The van der Waals surface area contributed by atoms with E-state index in [1.54, 1.807) is 0 Å². The SMILES string of the molecule is CCCCC[C@H](c1cc(Br)ccc1OCC)N1CCNCC1.Cl.Cl. The predicted octanol–water partition coefficient (Wildman–Crippen LogP) is 5.22. The van der Waals surface area contributed by atoms with Crippen LogP contribution in [0.15, 0.2) is 22.7 Å². The molecule has 2 rings (SSSR count). The first-order chi connectivity index (χ1) is 10.8. The molecular formula is C18H31BrCl2N2O. The van der Waals surface area contributed by atoms with Gasteiger partial charge in [-0.1, -0.05) is 42.1 Å². The molecule has 1 atom stereocenters. The highest BCUT2D eigenvalue weighted by Crippen LogP contribution is 2.35. The molecular weight excluding hydrogens is 411 g/mol. The average Bonchev–Trinajstić information content (AvgIpc) is 2.55. The van der Waals surface area contributed by atoms with Crippen molar-refractivity contribution in [1.29, 1.82) is 0 Å². The first-order valence-corrected chi connectivity index (χ1v) is 9.42. The summed E-state index contributed by atoms with van der Waals surface area (Å²) in [5.41, 5.74) is 1.34. The van der Waals surface area contributed by atoms with Crippen LogP contribution in [-0.4, -0.2) is 37.7 Å². The van der Waals surface area contributed by atoms with Gasteiger partial charge in [-0.25, -0.2) is 0 Å². The van der Waals surface area contributed by atoms with Gasteiger partial charge >= 0.3 is 0 Å². The van der Waals surface area contributed by atoms with E-state index in [0.29, 0.717) is 6.04 Å². The fourth-order valence-corrected chi connectivity index (χ4v) is 3.56. The minimum absolute atomic E-state index is 0. The lowest BCUT2D eigenvalue weighted by atomic mass is 9.97. The molecule has 0 aromatic heterocycles. The van der Waals surface area contributed by atoms with Crippen LogP contribution in [0.25, 0.3) is 0 Å². The van der Waals surface area contributed by atoms with Gasteiger partial charge in [-0.2, -0.15) is 0 Å². The lowest BCUT2D eigenvalue weighted by Crippen LogP contribution is -2.45. The third-order valence-electron chi connectivity index (χ3n) is 4.30. The normalized spacial score (nSPS) is 16.0. The third-order valence-corrected chi connectivity index (χ3v) is 4.80. The summed E-state index contributed by atoms with van der Waals surface area (Å²) in [5, 5.41) is 3.46. The summed E-state index contributed by atoms with van der Waals surface area (Å²) in [5.74, 6) is 1.05. The maximum absolute atomic E-state index is 5.91. The van der Waals surface area contributed by atoms with Crippen molar-refractivity contribution >= 4 is 40.7 Å². The Kier molecular flexibility index (Phi) is 13.2. The van der Waals surface area contributed by atoms with Gasteiger partial charge in [-0.3, -0.25) is 4.90 Å². The van der Waals surface area contributed by atoms with Crippen molar-refractivity contribution in [2.45, 2.75) is 45.6 Å². The molecule has 1 saturated heterocycles. The third kappa shape index (κ3) is 7.09. The van der Waals surface area contributed by atoms with Crippen LogP contribution < -0.4 is 10.1 Å². The van der Waals surface area contributed by atoms with Crippen molar-refractivity contribution in [2.24, 2.45) is 0 Å². The van der Waals surface area contributed by atoms with Crippen molar-refractivity contribution in [2.75, 3.05) is 32.8 Å². The standard InChI is InChI=1S/C18H29BrN2O.2ClH/c1-3-5-6-7-17(21-12-10-20-11-13-21)16-14-15(19)8-9-18(16)22-4-2;;/h8-9,14,17,20H,3-7,10-13H2,1-2H3;2*1H/t17-;;/m1../s1. The number of rotatable bonds is 8. The summed E-state index contributed by atoms with van der Waals surface area (Å²) in [6.07, 6.45) is 5.07. The summed E-state index contributed by atoms with van der Waals surface area (Å²) >= 11 is 3.64. The van der Waals surface area contributed by atoms with Crippen molar-refractivity contribution in [3.05, 3.63) is 28.2 Å². The van der Waals surface area contributed by atoms with Gasteiger partial charge in [0.15, 0.2) is 0 Å². The first kappa shape index (κ1) is 24.0. The highest BCUT2D eigenvalue weighted by molar-refractivity contribution is 9.10. The zero-order valence-corrected chi connectivity index (χ0v) is 17.9. The van der Waals surface area contributed by atoms with E-state index >= 15 is 0 Å². The molecule has 0 aliphatic carbocycles. The number of ether oxygens (including phenoxy) is 1. The molecule has 1 aliphatic rings. The first-order valence-electron chi connectivity index (χ1n) is 8.63. The largest absolute Gasteiger partial charge is 0.494 e. The van der Waals surface area contributed by atoms with E-state index in [1.165, 1.54) is 31.2 Å². The maximum atomic E-state index is 5.91. The fourth-order valence-electron chi connectivity index (χ4n) is 3.18. The lowest BCUT2D eigenvalue weighted by molar-refractivity contribution is 0.159. The number of halogens is 3. The molecule has 1 N–H and O–H groups in total. The van der Waals surface area contributed by atoms with Crippen LogP contribution in [0.2, 0.25) is 0 Å². The second-order valence-electron chi connectivity index (χ2n) is 5.91. The summed E-state index contributed by atoms with van der Waals surface area (Å²) in [7, 11) is 0. The van der Waals surface area contributed by atoms with Crippen molar-refractivity contribution in [3.63, 3.8) is 0 Å². The Hall–Kier alpha value is -0.000000000000000111. The fraction of sp³-hybridized carbons (Fsp3) is 0.667. The summed E-state index contributed by atoms with van der Waals surface area (Å²) in [6, 6.07) is 6.91. The van der Waals surface area contributed by atoms with Crippen LogP contribution in [0.4, 0.5) is 0 Å². The van der Waals surface area contributed by atoms with Crippen LogP contribution in [-0.2, 0) is 0 Å². The zero-order valence-electron chi connectivity index (χ0n) is 14.7. The van der Waals surface area contributed by atoms with Crippen LogP contribution in [0.5, 0.6) is 5.75 Å². The number of hydrogen-bond acceptors (Lipinski definition) is 3. The Morgan fingerprint density at radius 1 is 1.17 bits per heavy atom. The molecule has 3 nitrogen and oxygen atoms in total.